The fourth-order valence-electron chi connectivity index (χ4n) is 0.748. The molecule has 0 spiro atoms. The van der Waals surface area contributed by atoms with E-state index in [1.165, 1.54) is 0 Å². The minimum absolute atomic E-state index is 0.0308. The lowest BCUT2D eigenvalue weighted by atomic mass is 10.1. The van der Waals surface area contributed by atoms with Crippen LogP contribution in [0.15, 0.2) is 0 Å². The van der Waals surface area contributed by atoms with Crippen LogP contribution in [-0.4, -0.2) is 31.7 Å². The summed E-state index contributed by atoms with van der Waals surface area (Å²) in [7, 11) is 1.61. The first kappa shape index (κ1) is 12.4. The van der Waals surface area contributed by atoms with Gasteiger partial charge in [0.25, 0.3) is 0 Å². The average Bonchev–Trinajstić information content (AvgIpc) is 2.11. The lowest BCUT2D eigenvalue weighted by molar-refractivity contribution is -0.123. The zero-order valence-corrected chi connectivity index (χ0v) is 8.83. The number of amides is 1. The van der Waals surface area contributed by atoms with Crippen LogP contribution in [-0.2, 0) is 9.53 Å². The van der Waals surface area contributed by atoms with Crippen molar-refractivity contribution in [1.82, 2.24) is 5.32 Å². The predicted octanol–water partition coefficient (Wildman–Crippen LogP) is 0.121. The predicted molar refractivity (Wildman–Crippen MR) is 52.3 cm³/mol. The smallest absolute Gasteiger partial charge is 0.237 e. The van der Waals surface area contributed by atoms with E-state index < -0.39 is 6.04 Å². The molecule has 4 heteroatoms. The summed E-state index contributed by atoms with van der Waals surface area (Å²) >= 11 is 0. The van der Waals surface area contributed by atoms with E-state index >= 15 is 0 Å². The van der Waals surface area contributed by atoms with Gasteiger partial charge >= 0.3 is 0 Å². The molecule has 4 nitrogen and oxygen atoms in total. The molecule has 78 valence electrons. The quantitative estimate of drug-likeness (QED) is 0.644. The van der Waals surface area contributed by atoms with Gasteiger partial charge in [0.1, 0.15) is 0 Å². The molecule has 0 saturated carbocycles. The second-order valence-electron chi connectivity index (χ2n) is 3.56. The van der Waals surface area contributed by atoms with Crippen molar-refractivity contribution in [2.24, 2.45) is 11.7 Å². The summed E-state index contributed by atoms with van der Waals surface area (Å²) in [6, 6.07) is -0.427. The van der Waals surface area contributed by atoms with Gasteiger partial charge in [-0.05, 0) is 12.8 Å². The van der Waals surface area contributed by atoms with Gasteiger partial charge in [0.2, 0.25) is 5.91 Å². The summed E-state index contributed by atoms with van der Waals surface area (Å²) in [5, 5.41) is 2.73. The highest BCUT2D eigenvalue weighted by Gasteiger charge is 2.16. The summed E-state index contributed by atoms with van der Waals surface area (Å²) < 4.78 is 4.99. The Balaban J connectivity index is 3.74. The van der Waals surface area contributed by atoms with Crippen LogP contribution in [0.3, 0.4) is 0 Å². The lowest BCUT2D eigenvalue weighted by Crippen LogP contribution is -2.45. The summed E-state index contributed by atoms with van der Waals surface area (Å²) in [4.78, 5) is 11.3. The summed E-state index contributed by atoms with van der Waals surface area (Å²) in [5.74, 6) is 0.0525. The molecule has 0 aromatic carbocycles. The van der Waals surface area contributed by atoms with Gasteiger partial charge < -0.3 is 15.8 Å². The standard InChI is InChI=1S/C9H20N2O2/c1-6(2)8(10)9(12)11-5-7(3)13-4/h6-8H,5,10H2,1-4H3,(H,11,12). The molecule has 3 N–H and O–H groups in total. The number of ether oxygens (including phenoxy) is 1. The van der Waals surface area contributed by atoms with Crippen LogP contribution < -0.4 is 11.1 Å². The number of nitrogens with one attached hydrogen (secondary N) is 1. The Morgan fingerprint density at radius 2 is 2.00 bits per heavy atom. The average molecular weight is 188 g/mol. The van der Waals surface area contributed by atoms with Gasteiger partial charge in [-0.2, -0.15) is 0 Å². The number of rotatable bonds is 5. The van der Waals surface area contributed by atoms with Gasteiger partial charge in [0.15, 0.2) is 0 Å². The van der Waals surface area contributed by atoms with E-state index in [-0.39, 0.29) is 17.9 Å². The first-order chi connectivity index (χ1) is 5.99. The molecule has 0 rings (SSSR count). The van der Waals surface area contributed by atoms with Crippen LogP contribution in [0, 0.1) is 5.92 Å². The lowest BCUT2D eigenvalue weighted by Gasteiger charge is -2.17. The molecule has 0 fully saturated rings. The molecule has 0 saturated heterocycles. The van der Waals surface area contributed by atoms with Crippen molar-refractivity contribution >= 4 is 5.91 Å². The van der Waals surface area contributed by atoms with Crippen molar-refractivity contribution in [3.63, 3.8) is 0 Å². The van der Waals surface area contributed by atoms with E-state index in [0.717, 1.165) is 0 Å². The molecule has 0 aromatic heterocycles. The van der Waals surface area contributed by atoms with Gasteiger partial charge in [-0.25, -0.2) is 0 Å². The maximum absolute atomic E-state index is 11.3. The molecule has 0 aliphatic rings. The molecule has 1 amide bonds. The number of methoxy groups -OCH3 is 1. The van der Waals surface area contributed by atoms with Gasteiger partial charge in [-0.15, -0.1) is 0 Å². The normalized spacial score (nSPS) is 15.5. The molecular formula is C9H20N2O2. The van der Waals surface area contributed by atoms with Gasteiger partial charge in [0.05, 0.1) is 12.1 Å². The molecule has 2 atom stereocenters. The largest absolute Gasteiger partial charge is 0.380 e. The first-order valence-electron chi connectivity index (χ1n) is 4.55. The summed E-state index contributed by atoms with van der Waals surface area (Å²) in [6.45, 7) is 6.24. The highest BCUT2D eigenvalue weighted by atomic mass is 16.5. The number of carbonyl (C=O) groups excluding carboxylic acids is 1. The Morgan fingerprint density at radius 1 is 1.46 bits per heavy atom. The van der Waals surface area contributed by atoms with Crippen LogP contribution in [0.1, 0.15) is 20.8 Å². The number of hydrogen-bond acceptors (Lipinski definition) is 3. The second kappa shape index (κ2) is 5.94. The Hall–Kier alpha value is -0.610. The number of hydrogen-bond donors (Lipinski definition) is 2. The van der Waals surface area contributed by atoms with Crippen LogP contribution in [0.2, 0.25) is 0 Å². The molecular weight excluding hydrogens is 168 g/mol. The van der Waals surface area contributed by atoms with E-state index in [2.05, 4.69) is 5.32 Å². The van der Waals surface area contributed by atoms with Crippen molar-refractivity contribution in [1.29, 1.82) is 0 Å². The van der Waals surface area contributed by atoms with Crippen LogP contribution in [0.5, 0.6) is 0 Å². The third kappa shape index (κ3) is 4.85. The van der Waals surface area contributed by atoms with Crippen molar-refractivity contribution in [2.75, 3.05) is 13.7 Å². The summed E-state index contributed by atoms with van der Waals surface area (Å²) in [6.07, 6.45) is 0.0308. The third-order valence-electron chi connectivity index (χ3n) is 1.99. The van der Waals surface area contributed by atoms with Gasteiger partial charge in [-0.3, -0.25) is 4.79 Å². The van der Waals surface area contributed by atoms with Gasteiger partial charge in [0, 0.05) is 13.7 Å². The minimum atomic E-state index is -0.427. The molecule has 0 aromatic rings. The third-order valence-corrected chi connectivity index (χ3v) is 1.99. The highest BCUT2D eigenvalue weighted by molar-refractivity contribution is 5.81. The molecule has 0 aliphatic heterocycles. The molecule has 13 heavy (non-hydrogen) atoms. The van der Waals surface area contributed by atoms with Crippen molar-refractivity contribution < 1.29 is 9.53 Å². The van der Waals surface area contributed by atoms with Crippen molar-refractivity contribution in [2.45, 2.75) is 32.9 Å². The summed E-state index contributed by atoms with van der Waals surface area (Å²) in [5.41, 5.74) is 5.63. The Morgan fingerprint density at radius 3 is 2.38 bits per heavy atom. The fourth-order valence-corrected chi connectivity index (χ4v) is 0.748. The van der Waals surface area contributed by atoms with E-state index in [1.54, 1.807) is 7.11 Å². The monoisotopic (exact) mass is 188 g/mol. The Bertz CT molecular complexity index is 160. The van der Waals surface area contributed by atoms with Crippen molar-refractivity contribution in [3.05, 3.63) is 0 Å². The molecule has 0 aliphatic carbocycles. The van der Waals surface area contributed by atoms with E-state index in [0.29, 0.717) is 6.54 Å². The Labute approximate surface area is 79.8 Å². The SMILES string of the molecule is COC(C)CNC(=O)C(N)C(C)C. The van der Waals surface area contributed by atoms with E-state index in [1.807, 2.05) is 20.8 Å². The Kier molecular flexibility index (Phi) is 5.66. The van der Waals surface area contributed by atoms with Crippen molar-refractivity contribution in [3.8, 4) is 0 Å². The molecule has 0 bridgehead atoms. The maximum Gasteiger partial charge on any atom is 0.237 e. The van der Waals surface area contributed by atoms with Gasteiger partial charge in [-0.1, -0.05) is 13.8 Å². The zero-order valence-electron chi connectivity index (χ0n) is 8.83. The van der Waals surface area contributed by atoms with E-state index in [9.17, 15) is 4.79 Å². The highest BCUT2D eigenvalue weighted by Crippen LogP contribution is 1.97. The molecule has 2 unspecified atom stereocenters. The van der Waals surface area contributed by atoms with Crippen LogP contribution in [0.25, 0.3) is 0 Å². The van der Waals surface area contributed by atoms with Crippen LogP contribution in [0.4, 0.5) is 0 Å². The number of nitrogens with two attached hydrogens (primary N) is 1. The first-order valence-corrected chi connectivity index (χ1v) is 4.55. The zero-order chi connectivity index (χ0) is 10.4. The number of carbonyl (C=O) groups is 1. The van der Waals surface area contributed by atoms with Crippen LogP contribution >= 0.6 is 0 Å². The maximum atomic E-state index is 11.3. The minimum Gasteiger partial charge on any atom is -0.380 e. The van der Waals surface area contributed by atoms with E-state index in [4.69, 9.17) is 10.5 Å². The molecule has 0 heterocycles. The topological polar surface area (TPSA) is 64.3 Å². The molecule has 0 radical (unpaired) electrons. The fraction of sp³-hybridized carbons (Fsp3) is 0.889. The second-order valence-corrected chi connectivity index (χ2v) is 3.56.